The van der Waals surface area contributed by atoms with E-state index in [1.807, 2.05) is 49.2 Å². The van der Waals surface area contributed by atoms with E-state index in [0.717, 1.165) is 18.4 Å². The van der Waals surface area contributed by atoms with E-state index in [0.29, 0.717) is 24.6 Å². The van der Waals surface area contributed by atoms with Crippen LogP contribution in [0.4, 0.5) is 0 Å². The summed E-state index contributed by atoms with van der Waals surface area (Å²) in [5.41, 5.74) is 0.809. The van der Waals surface area contributed by atoms with Crippen LogP contribution < -0.4 is 10.6 Å². The van der Waals surface area contributed by atoms with Gasteiger partial charge in [0.15, 0.2) is 5.11 Å². The summed E-state index contributed by atoms with van der Waals surface area (Å²) in [6.07, 6.45) is 2.26. The summed E-state index contributed by atoms with van der Waals surface area (Å²) >= 11 is 5.45. The zero-order chi connectivity index (χ0) is 20.3. The molecule has 1 spiro atoms. The van der Waals surface area contributed by atoms with Gasteiger partial charge < -0.3 is 20.2 Å². The highest BCUT2D eigenvalue weighted by molar-refractivity contribution is 7.80. The van der Waals surface area contributed by atoms with Crippen molar-refractivity contribution >= 4 is 29.2 Å². The van der Waals surface area contributed by atoms with E-state index in [1.165, 1.54) is 0 Å². The quantitative estimate of drug-likeness (QED) is 0.636. The summed E-state index contributed by atoms with van der Waals surface area (Å²) in [4.78, 5) is 27.5. The van der Waals surface area contributed by atoms with Crippen molar-refractivity contribution in [3.63, 3.8) is 0 Å². The smallest absolute Gasteiger partial charge is 0.305 e. The first-order valence-electron chi connectivity index (χ1n) is 9.67. The van der Waals surface area contributed by atoms with Crippen molar-refractivity contribution in [2.75, 3.05) is 20.1 Å². The molecule has 2 unspecified atom stereocenters. The van der Waals surface area contributed by atoms with Crippen LogP contribution in [0.2, 0.25) is 0 Å². The number of nitrogens with zero attached hydrogens (tertiary/aromatic N) is 2. The first kappa shape index (κ1) is 20.5. The molecule has 2 aliphatic heterocycles. The van der Waals surface area contributed by atoms with E-state index in [4.69, 9.17) is 17.3 Å². The average molecular weight is 405 g/mol. The molecule has 8 heteroatoms. The maximum atomic E-state index is 12.8. The van der Waals surface area contributed by atoms with Gasteiger partial charge in [0.2, 0.25) is 5.91 Å². The zero-order valence-electron chi connectivity index (χ0n) is 16.4. The highest BCUT2D eigenvalue weighted by atomic mass is 32.1. The van der Waals surface area contributed by atoms with Crippen LogP contribution in [0.25, 0.3) is 0 Å². The van der Waals surface area contributed by atoms with Crippen LogP contribution in [0, 0.1) is 0 Å². The number of hydrogen-bond donors (Lipinski definition) is 3. The lowest BCUT2D eigenvalue weighted by Gasteiger charge is -2.44. The van der Waals surface area contributed by atoms with Crippen molar-refractivity contribution in [1.82, 2.24) is 20.4 Å². The second-order valence-corrected chi connectivity index (χ2v) is 8.14. The number of thiocarbonyl (C=S) groups is 1. The largest absolute Gasteiger partial charge is 0.481 e. The van der Waals surface area contributed by atoms with E-state index in [2.05, 4.69) is 15.5 Å². The molecule has 0 saturated carbocycles. The molecule has 2 heterocycles. The molecule has 7 nitrogen and oxygen atoms in total. The van der Waals surface area contributed by atoms with Crippen molar-refractivity contribution in [2.45, 2.75) is 50.4 Å². The standard InChI is InChI=1S/C20H28N4O3S/c1-14(12-17(25)26)21-19(28)24-10-8-20(9-11-24)22-16(18(27)23(20)2)13-15-6-4-3-5-7-15/h3-7,14,16,22H,8-13H2,1-2H3,(H,21,28)(H,25,26). The van der Waals surface area contributed by atoms with Crippen molar-refractivity contribution in [2.24, 2.45) is 0 Å². The first-order valence-corrected chi connectivity index (χ1v) is 10.1. The fourth-order valence-electron chi connectivity index (χ4n) is 4.09. The molecule has 3 rings (SSSR count). The van der Waals surface area contributed by atoms with Crippen molar-refractivity contribution in [3.8, 4) is 0 Å². The van der Waals surface area contributed by atoms with Gasteiger partial charge in [-0.2, -0.15) is 0 Å². The Morgan fingerprint density at radius 1 is 1.36 bits per heavy atom. The molecule has 2 fully saturated rings. The summed E-state index contributed by atoms with van der Waals surface area (Å²) in [5.74, 6) is -0.715. The van der Waals surface area contributed by atoms with E-state index in [-0.39, 0.29) is 30.1 Å². The maximum Gasteiger partial charge on any atom is 0.305 e. The van der Waals surface area contributed by atoms with Gasteiger partial charge in [-0.25, -0.2) is 0 Å². The number of carbonyl (C=O) groups excluding carboxylic acids is 1. The van der Waals surface area contributed by atoms with Crippen molar-refractivity contribution in [1.29, 1.82) is 0 Å². The van der Waals surface area contributed by atoms with Crippen LogP contribution in [0.1, 0.15) is 31.7 Å². The van der Waals surface area contributed by atoms with Crippen LogP contribution >= 0.6 is 12.2 Å². The van der Waals surface area contributed by atoms with Gasteiger partial charge in [0.1, 0.15) is 0 Å². The Morgan fingerprint density at radius 3 is 2.61 bits per heavy atom. The van der Waals surface area contributed by atoms with Crippen molar-refractivity contribution in [3.05, 3.63) is 35.9 Å². The Balaban J connectivity index is 1.57. The molecule has 152 valence electrons. The summed E-state index contributed by atoms with van der Waals surface area (Å²) < 4.78 is 0. The number of likely N-dealkylation sites (N-methyl/N-ethyl adjacent to an activating group) is 1. The van der Waals surface area contributed by atoms with Gasteiger partial charge in [0, 0.05) is 39.0 Å². The molecule has 3 N–H and O–H groups in total. The van der Waals surface area contributed by atoms with Gasteiger partial charge in [0.25, 0.3) is 0 Å². The first-order chi connectivity index (χ1) is 13.3. The Morgan fingerprint density at radius 2 is 2.00 bits per heavy atom. The highest BCUT2D eigenvalue weighted by Gasteiger charge is 2.49. The molecule has 2 aliphatic rings. The number of rotatable bonds is 5. The number of nitrogens with one attached hydrogen (secondary N) is 2. The summed E-state index contributed by atoms with van der Waals surface area (Å²) in [6.45, 7) is 3.24. The Labute approximate surface area is 171 Å². The van der Waals surface area contributed by atoms with E-state index in [9.17, 15) is 9.59 Å². The minimum atomic E-state index is -0.847. The fraction of sp³-hybridized carbons (Fsp3) is 0.550. The molecule has 0 aromatic heterocycles. The lowest BCUT2D eigenvalue weighted by atomic mass is 9.96. The van der Waals surface area contributed by atoms with Gasteiger partial charge in [-0.05, 0) is 31.1 Å². The van der Waals surface area contributed by atoms with Gasteiger partial charge in [-0.3, -0.25) is 14.9 Å². The number of aliphatic carboxylic acids is 1. The molecule has 1 amide bonds. The Bertz CT molecular complexity index is 734. The number of carboxylic acid groups (broad SMARTS) is 1. The predicted octanol–water partition coefficient (Wildman–Crippen LogP) is 1.19. The molecule has 0 radical (unpaired) electrons. The molecule has 0 bridgehead atoms. The number of hydrogen-bond acceptors (Lipinski definition) is 4. The highest BCUT2D eigenvalue weighted by Crippen LogP contribution is 2.32. The molecule has 28 heavy (non-hydrogen) atoms. The summed E-state index contributed by atoms with van der Waals surface area (Å²) in [6, 6.07) is 9.63. The molecular formula is C20H28N4O3S. The molecule has 2 saturated heterocycles. The van der Waals surface area contributed by atoms with E-state index in [1.54, 1.807) is 0 Å². The summed E-state index contributed by atoms with van der Waals surface area (Å²) in [5, 5.41) is 16.2. The Hall–Kier alpha value is -2.19. The SMILES string of the molecule is CC(CC(=O)O)NC(=S)N1CCC2(CC1)NC(Cc1ccccc1)C(=O)N2C. The van der Waals surface area contributed by atoms with Gasteiger partial charge in [-0.1, -0.05) is 30.3 Å². The monoisotopic (exact) mass is 404 g/mol. The van der Waals surface area contributed by atoms with Crippen molar-refractivity contribution < 1.29 is 14.7 Å². The fourth-order valence-corrected chi connectivity index (χ4v) is 4.47. The second kappa shape index (κ2) is 8.45. The lowest BCUT2D eigenvalue weighted by Crippen LogP contribution is -2.60. The number of piperidine rings is 1. The number of carboxylic acids is 1. The summed E-state index contributed by atoms with van der Waals surface area (Å²) in [7, 11) is 1.88. The minimum Gasteiger partial charge on any atom is -0.481 e. The predicted molar refractivity (Wildman–Crippen MR) is 111 cm³/mol. The molecule has 1 aromatic carbocycles. The van der Waals surface area contributed by atoms with Crippen LogP contribution in [-0.4, -0.2) is 69.8 Å². The minimum absolute atomic E-state index is 0.0257. The van der Waals surface area contributed by atoms with Crippen LogP contribution in [0.5, 0.6) is 0 Å². The van der Waals surface area contributed by atoms with E-state index >= 15 is 0 Å². The van der Waals surface area contributed by atoms with Gasteiger partial charge in [0.05, 0.1) is 18.1 Å². The molecular weight excluding hydrogens is 376 g/mol. The van der Waals surface area contributed by atoms with Crippen LogP contribution in [0.3, 0.4) is 0 Å². The third-order valence-corrected chi connectivity index (χ3v) is 6.10. The van der Waals surface area contributed by atoms with Crippen LogP contribution in [-0.2, 0) is 16.0 Å². The Kier molecular flexibility index (Phi) is 6.20. The maximum absolute atomic E-state index is 12.8. The zero-order valence-corrected chi connectivity index (χ0v) is 17.2. The van der Waals surface area contributed by atoms with Gasteiger partial charge in [-0.15, -0.1) is 0 Å². The normalized spacial score (nSPS) is 22.4. The third kappa shape index (κ3) is 4.44. The number of likely N-dealkylation sites (tertiary alicyclic amines) is 1. The average Bonchev–Trinajstić information content (AvgIpc) is 2.87. The van der Waals surface area contributed by atoms with Gasteiger partial charge >= 0.3 is 5.97 Å². The van der Waals surface area contributed by atoms with Crippen LogP contribution in [0.15, 0.2) is 30.3 Å². The molecule has 0 aliphatic carbocycles. The second-order valence-electron chi connectivity index (χ2n) is 7.75. The number of benzene rings is 1. The topological polar surface area (TPSA) is 84.9 Å². The third-order valence-electron chi connectivity index (χ3n) is 5.72. The molecule has 1 aromatic rings. The molecule has 2 atom stereocenters. The number of carbonyl (C=O) groups is 2. The van der Waals surface area contributed by atoms with E-state index < -0.39 is 5.97 Å². The number of amides is 1. The lowest BCUT2D eigenvalue weighted by molar-refractivity contribution is -0.137.